The average molecular weight is 239 g/mol. The molecule has 0 aliphatic heterocycles. The third kappa shape index (κ3) is 2.14. The van der Waals surface area contributed by atoms with Crippen molar-refractivity contribution < 1.29 is 9.18 Å². The summed E-state index contributed by atoms with van der Waals surface area (Å²) in [5.74, 6) is -0.804. The van der Waals surface area contributed by atoms with E-state index in [0.29, 0.717) is 11.1 Å². The summed E-state index contributed by atoms with van der Waals surface area (Å²) in [7, 11) is 0. The fraction of sp³-hybridized carbons (Fsp3) is 0.0667. The standard InChI is InChI=1S/C15H10FNO/c1-10-4-2-7-13(14(10)9-17)15(18)11-5-3-6-12(16)8-11/h2-8H,1H3. The van der Waals surface area contributed by atoms with Gasteiger partial charge >= 0.3 is 0 Å². The molecule has 3 heteroatoms. The second-order valence-electron chi connectivity index (χ2n) is 3.95. The Labute approximate surface area is 104 Å². The molecule has 0 aromatic heterocycles. The summed E-state index contributed by atoms with van der Waals surface area (Å²) < 4.78 is 13.1. The van der Waals surface area contributed by atoms with Gasteiger partial charge in [-0.3, -0.25) is 4.79 Å². The summed E-state index contributed by atoms with van der Waals surface area (Å²) >= 11 is 0. The van der Waals surface area contributed by atoms with Gasteiger partial charge < -0.3 is 0 Å². The number of aryl methyl sites for hydroxylation is 1. The predicted octanol–water partition coefficient (Wildman–Crippen LogP) is 3.24. The van der Waals surface area contributed by atoms with E-state index in [0.717, 1.165) is 5.56 Å². The van der Waals surface area contributed by atoms with Crippen LogP contribution < -0.4 is 0 Å². The first kappa shape index (κ1) is 12.0. The fourth-order valence-corrected chi connectivity index (χ4v) is 1.79. The third-order valence-electron chi connectivity index (χ3n) is 2.72. The van der Waals surface area contributed by atoms with Crippen LogP contribution in [0.5, 0.6) is 0 Å². The molecule has 2 aromatic rings. The Hall–Kier alpha value is -2.47. The van der Waals surface area contributed by atoms with Crippen molar-refractivity contribution in [2.75, 3.05) is 0 Å². The Morgan fingerprint density at radius 1 is 1.22 bits per heavy atom. The van der Waals surface area contributed by atoms with E-state index >= 15 is 0 Å². The van der Waals surface area contributed by atoms with Crippen LogP contribution in [0.3, 0.4) is 0 Å². The largest absolute Gasteiger partial charge is 0.289 e. The summed E-state index contributed by atoms with van der Waals surface area (Å²) in [6.45, 7) is 1.76. The summed E-state index contributed by atoms with van der Waals surface area (Å²) in [5, 5.41) is 9.07. The zero-order valence-corrected chi connectivity index (χ0v) is 9.77. The van der Waals surface area contributed by atoms with Crippen LogP contribution in [0.4, 0.5) is 4.39 Å². The van der Waals surface area contributed by atoms with E-state index in [1.165, 1.54) is 24.3 Å². The number of hydrogen-bond acceptors (Lipinski definition) is 2. The van der Waals surface area contributed by atoms with Gasteiger partial charge in [-0.2, -0.15) is 5.26 Å². The van der Waals surface area contributed by atoms with Gasteiger partial charge in [0.15, 0.2) is 5.78 Å². The van der Waals surface area contributed by atoms with Crippen molar-refractivity contribution in [3.8, 4) is 6.07 Å². The smallest absolute Gasteiger partial charge is 0.194 e. The van der Waals surface area contributed by atoms with Crippen molar-refractivity contribution >= 4 is 5.78 Å². The first-order valence-electron chi connectivity index (χ1n) is 5.43. The molecule has 0 saturated carbocycles. The van der Waals surface area contributed by atoms with Gasteiger partial charge in [0.1, 0.15) is 11.9 Å². The average Bonchev–Trinajstić information content (AvgIpc) is 2.37. The van der Waals surface area contributed by atoms with Crippen LogP contribution in [0.25, 0.3) is 0 Å². The van der Waals surface area contributed by atoms with Gasteiger partial charge in [-0.25, -0.2) is 4.39 Å². The molecule has 0 spiro atoms. The number of benzene rings is 2. The minimum absolute atomic E-state index is 0.247. The molecule has 0 heterocycles. The van der Waals surface area contributed by atoms with Gasteiger partial charge in [0.25, 0.3) is 0 Å². The van der Waals surface area contributed by atoms with Crippen molar-refractivity contribution in [2.45, 2.75) is 6.92 Å². The Morgan fingerprint density at radius 2 is 1.94 bits per heavy atom. The lowest BCUT2D eigenvalue weighted by Crippen LogP contribution is -2.05. The number of nitrogens with zero attached hydrogens (tertiary/aromatic N) is 1. The highest BCUT2D eigenvalue weighted by molar-refractivity contribution is 6.10. The van der Waals surface area contributed by atoms with Crippen LogP contribution in [-0.2, 0) is 0 Å². The highest BCUT2D eigenvalue weighted by Gasteiger charge is 2.15. The monoisotopic (exact) mass is 239 g/mol. The van der Waals surface area contributed by atoms with Crippen LogP contribution >= 0.6 is 0 Å². The lowest BCUT2D eigenvalue weighted by atomic mass is 9.96. The van der Waals surface area contributed by atoms with Crippen LogP contribution in [0.15, 0.2) is 42.5 Å². The molecule has 0 aliphatic rings. The van der Waals surface area contributed by atoms with Crippen LogP contribution in [0, 0.1) is 24.1 Å². The Bertz CT molecular complexity index is 656. The quantitative estimate of drug-likeness (QED) is 0.755. The molecule has 2 nitrogen and oxygen atoms in total. The minimum Gasteiger partial charge on any atom is -0.289 e. The SMILES string of the molecule is Cc1cccc(C(=O)c2cccc(F)c2)c1C#N. The van der Waals surface area contributed by atoms with Crippen molar-refractivity contribution in [1.29, 1.82) is 5.26 Å². The number of ketones is 1. The number of carbonyl (C=O) groups excluding carboxylic acids is 1. The van der Waals surface area contributed by atoms with Crippen LogP contribution in [0.2, 0.25) is 0 Å². The molecule has 0 radical (unpaired) electrons. The summed E-state index contributed by atoms with van der Waals surface area (Å²) in [6.07, 6.45) is 0. The molecule has 2 aromatic carbocycles. The molecule has 2 rings (SSSR count). The lowest BCUT2D eigenvalue weighted by molar-refractivity contribution is 0.103. The van der Waals surface area contributed by atoms with Gasteiger partial charge in [-0.05, 0) is 30.7 Å². The van der Waals surface area contributed by atoms with Gasteiger partial charge in [0.05, 0.1) is 5.56 Å². The normalized spacial score (nSPS) is 9.83. The Kier molecular flexibility index (Phi) is 3.20. The predicted molar refractivity (Wildman–Crippen MR) is 65.7 cm³/mol. The maximum Gasteiger partial charge on any atom is 0.194 e. The zero-order chi connectivity index (χ0) is 13.1. The van der Waals surface area contributed by atoms with Gasteiger partial charge in [-0.1, -0.05) is 24.3 Å². The number of rotatable bonds is 2. The Morgan fingerprint density at radius 3 is 2.61 bits per heavy atom. The first-order chi connectivity index (χ1) is 8.63. The van der Waals surface area contributed by atoms with Gasteiger partial charge in [0, 0.05) is 11.1 Å². The molecule has 18 heavy (non-hydrogen) atoms. The molecule has 0 amide bonds. The van der Waals surface area contributed by atoms with E-state index < -0.39 is 5.82 Å². The molecule has 0 fully saturated rings. The van der Waals surface area contributed by atoms with E-state index in [-0.39, 0.29) is 11.3 Å². The summed E-state index contributed by atoms with van der Waals surface area (Å²) in [4.78, 5) is 12.2. The maximum atomic E-state index is 13.1. The third-order valence-corrected chi connectivity index (χ3v) is 2.72. The Balaban J connectivity index is 2.54. The first-order valence-corrected chi connectivity index (χ1v) is 5.43. The second kappa shape index (κ2) is 4.80. The molecule has 0 aliphatic carbocycles. The van der Waals surface area contributed by atoms with Crippen molar-refractivity contribution in [1.82, 2.24) is 0 Å². The minimum atomic E-state index is -0.466. The number of carbonyl (C=O) groups is 1. The number of nitriles is 1. The highest BCUT2D eigenvalue weighted by atomic mass is 19.1. The summed E-state index contributed by atoms with van der Waals surface area (Å²) in [6, 6.07) is 12.5. The van der Waals surface area contributed by atoms with Crippen molar-refractivity contribution in [3.63, 3.8) is 0 Å². The maximum absolute atomic E-state index is 13.1. The van der Waals surface area contributed by atoms with E-state index in [4.69, 9.17) is 5.26 Å². The van der Waals surface area contributed by atoms with Crippen molar-refractivity contribution in [3.05, 3.63) is 70.5 Å². The van der Waals surface area contributed by atoms with E-state index in [1.54, 1.807) is 25.1 Å². The molecule has 0 saturated heterocycles. The van der Waals surface area contributed by atoms with E-state index in [2.05, 4.69) is 0 Å². The molecule has 88 valence electrons. The van der Waals surface area contributed by atoms with Gasteiger partial charge in [-0.15, -0.1) is 0 Å². The van der Waals surface area contributed by atoms with Crippen LogP contribution in [0.1, 0.15) is 27.0 Å². The zero-order valence-electron chi connectivity index (χ0n) is 9.77. The molecular formula is C15H10FNO. The lowest BCUT2D eigenvalue weighted by Gasteiger charge is -2.05. The van der Waals surface area contributed by atoms with Crippen LogP contribution in [-0.4, -0.2) is 5.78 Å². The van der Waals surface area contributed by atoms with Crippen molar-refractivity contribution in [2.24, 2.45) is 0 Å². The molecule has 0 N–H and O–H groups in total. The second-order valence-corrected chi connectivity index (χ2v) is 3.95. The molecule has 0 atom stereocenters. The molecule has 0 bridgehead atoms. The topological polar surface area (TPSA) is 40.9 Å². The highest BCUT2D eigenvalue weighted by Crippen LogP contribution is 2.17. The fourth-order valence-electron chi connectivity index (χ4n) is 1.79. The summed E-state index contributed by atoms with van der Waals surface area (Å²) in [5.41, 5.74) is 1.63. The number of hydrogen-bond donors (Lipinski definition) is 0. The van der Waals surface area contributed by atoms with E-state index in [1.807, 2.05) is 6.07 Å². The van der Waals surface area contributed by atoms with Gasteiger partial charge in [0.2, 0.25) is 0 Å². The number of halogens is 1. The molecular weight excluding hydrogens is 229 g/mol. The molecule has 0 unspecified atom stereocenters. The van der Waals surface area contributed by atoms with E-state index in [9.17, 15) is 9.18 Å².